The highest BCUT2D eigenvalue weighted by molar-refractivity contribution is 9.10. The molecule has 0 aromatic heterocycles. The summed E-state index contributed by atoms with van der Waals surface area (Å²) in [6, 6.07) is 15.9. The lowest BCUT2D eigenvalue weighted by molar-refractivity contribution is 0.389. The second-order valence-corrected chi connectivity index (χ2v) is 6.51. The van der Waals surface area contributed by atoms with E-state index in [1.165, 1.54) is 0 Å². The summed E-state index contributed by atoms with van der Waals surface area (Å²) < 4.78 is 6.22. The SMILES string of the molecule is COc1ccc(N2N[C@@](C)(c3cccc(Br)c3)NC2=S)cc1. The van der Waals surface area contributed by atoms with Crippen molar-refractivity contribution >= 4 is 38.9 Å². The van der Waals surface area contributed by atoms with E-state index in [1.807, 2.05) is 41.4 Å². The van der Waals surface area contributed by atoms with Gasteiger partial charge in [-0.2, -0.15) is 5.43 Å². The van der Waals surface area contributed by atoms with Gasteiger partial charge in [0, 0.05) is 4.47 Å². The van der Waals surface area contributed by atoms with Crippen LogP contribution in [0, 0.1) is 0 Å². The molecule has 0 aliphatic carbocycles. The highest BCUT2D eigenvalue weighted by Crippen LogP contribution is 2.28. The lowest BCUT2D eigenvalue weighted by Gasteiger charge is -2.26. The predicted molar refractivity (Wildman–Crippen MR) is 95.8 cm³/mol. The van der Waals surface area contributed by atoms with E-state index in [1.54, 1.807) is 7.11 Å². The Kier molecular flexibility index (Phi) is 4.08. The van der Waals surface area contributed by atoms with Crippen LogP contribution in [-0.4, -0.2) is 12.2 Å². The van der Waals surface area contributed by atoms with E-state index in [0.29, 0.717) is 5.11 Å². The standard InChI is InChI=1S/C16H16BrN3OS/c1-16(11-4-3-5-12(17)10-11)18-15(22)20(19-16)13-6-8-14(21-2)9-7-13/h3-10,19H,1-2H3,(H,18,22)/t16-/m0/s1. The van der Waals surface area contributed by atoms with Gasteiger partial charge < -0.3 is 10.1 Å². The molecule has 4 nitrogen and oxygen atoms in total. The largest absolute Gasteiger partial charge is 0.497 e. The molecule has 22 heavy (non-hydrogen) atoms. The molecule has 2 aromatic carbocycles. The van der Waals surface area contributed by atoms with Crippen LogP contribution < -0.4 is 20.5 Å². The quantitative estimate of drug-likeness (QED) is 0.800. The monoisotopic (exact) mass is 377 g/mol. The summed E-state index contributed by atoms with van der Waals surface area (Å²) in [7, 11) is 1.65. The number of nitrogens with one attached hydrogen (secondary N) is 2. The molecule has 1 fully saturated rings. The first kappa shape index (κ1) is 15.3. The fourth-order valence-electron chi connectivity index (χ4n) is 2.42. The van der Waals surface area contributed by atoms with Crippen LogP contribution in [0.15, 0.2) is 53.0 Å². The number of methoxy groups -OCH3 is 1. The Bertz CT molecular complexity index is 707. The first-order chi connectivity index (χ1) is 10.5. The summed E-state index contributed by atoms with van der Waals surface area (Å²) in [5.41, 5.74) is 5.03. The summed E-state index contributed by atoms with van der Waals surface area (Å²) in [6.07, 6.45) is 0. The average molecular weight is 378 g/mol. The molecule has 0 amide bonds. The predicted octanol–water partition coefficient (Wildman–Crippen LogP) is 3.53. The third-order valence-corrected chi connectivity index (χ3v) is 4.41. The lowest BCUT2D eigenvalue weighted by atomic mass is 10.0. The molecule has 114 valence electrons. The minimum absolute atomic E-state index is 0.458. The molecule has 6 heteroatoms. The normalized spacial score (nSPS) is 20.9. The Balaban J connectivity index is 1.88. The molecular formula is C16H16BrN3OS. The Morgan fingerprint density at radius 2 is 1.91 bits per heavy atom. The Hall–Kier alpha value is -1.63. The number of ether oxygens (including phenoxy) is 1. The Morgan fingerprint density at radius 1 is 1.18 bits per heavy atom. The number of hydrazine groups is 1. The van der Waals surface area contributed by atoms with E-state index in [4.69, 9.17) is 17.0 Å². The van der Waals surface area contributed by atoms with E-state index in [2.05, 4.69) is 45.7 Å². The molecular weight excluding hydrogens is 362 g/mol. The summed E-state index contributed by atoms with van der Waals surface area (Å²) in [5, 5.41) is 5.85. The van der Waals surface area contributed by atoms with Crippen molar-refractivity contribution in [2.75, 3.05) is 12.1 Å². The molecule has 0 saturated carbocycles. The van der Waals surface area contributed by atoms with Crippen molar-refractivity contribution in [1.82, 2.24) is 10.7 Å². The van der Waals surface area contributed by atoms with E-state index in [9.17, 15) is 0 Å². The maximum absolute atomic E-state index is 5.47. The van der Waals surface area contributed by atoms with Crippen molar-refractivity contribution < 1.29 is 4.74 Å². The number of hydrogen-bond donors (Lipinski definition) is 2. The van der Waals surface area contributed by atoms with Gasteiger partial charge in [0.25, 0.3) is 0 Å². The molecule has 1 aliphatic rings. The maximum atomic E-state index is 5.47. The maximum Gasteiger partial charge on any atom is 0.190 e. The van der Waals surface area contributed by atoms with Crippen molar-refractivity contribution in [3.63, 3.8) is 0 Å². The van der Waals surface area contributed by atoms with Gasteiger partial charge in [-0.25, -0.2) is 5.01 Å². The number of thiocarbonyl (C=S) groups is 1. The third kappa shape index (κ3) is 2.82. The van der Waals surface area contributed by atoms with Gasteiger partial charge in [0.2, 0.25) is 0 Å². The lowest BCUT2D eigenvalue weighted by Crippen LogP contribution is -2.45. The Morgan fingerprint density at radius 3 is 2.55 bits per heavy atom. The summed E-state index contributed by atoms with van der Waals surface area (Å²) in [4.78, 5) is 0. The van der Waals surface area contributed by atoms with Crippen molar-refractivity contribution in [3.8, 4) is 5.75 Å². The van der Waals surface area contributed by atoms with Gasteiger partial charge in [0.1, 0.15) is 11.4 Å². The van der Waals surface area contributed by atoms with Crippen molar-refractivity contribution in [2.45, 2.75) is 12.6 Å². The molecule has 1 atom stereocenters. The highest BCUT2D eigenvalue weighted by atomic mass is 79.9. The third-order valence-electron chi connectivity index (χ3n) is 3.63. The van der Waals surface area contributed by atoms with Crippen molar-refractivity contribution in [2.24, 2.45) is 0 Å². The highest BCUT2D eigenvalue weighted by Gasteiger charge is 2.38. The minimum Gasteiger partial charge on any atom is -0.497 e. The molecule has 0 spiro atoms. The molecule has 1 saturated heterocycles. The zero-order valence-corrected chi connectivity index (χ0v) is 14.7. The topological polar surface area (TPSA) is 36.5 Å². The van der Waals surface area contributed by atoms with Crippen molar-refractivity contribution in [1.29, 1.82) is 0 Å². The van der Waals surface area contributed by atoms with E-state index >= 15 is 0 Å². The van der Waals surface area contributed by atoms with Crippen LogP contribution in [0.2, 0.25) is 0 Å². The van der Waals surface area contributed by atoms with E-state index in [-0.39, 0.29) is 0 Å². The molecule has 3 rings (SSSR count). The van der Waals surface area contributed by atoms with E-state index in [0.717, 1.165) is 21.5 Å². The van der Waals surface area contributed by atoms with Crippen LogP contribution in [0.25, 0.3) is 0 Å². The summed E-state index contributed by atoms with van der Waals surface area (Å²) >= 11 is 8.98. The van der Waals surface area contributed by atoms with Crippen LogP contribution in [-0.2, 0) is 5.66 Å². The fraction of sp³-hybridized carbons (Fsp3) is 0.188. The van der Waals surface area contributed by atoms with Crippen molar-refractivity contribution in [3.05, 3.63) is 58.6 Å². The van der Waals surface area contributed by atoms with E-state index < -0.39 is 5.66 Å². The zero-order valence-electron chi connectivity index (χ0n) is 12.3. The molecule has 2 aromatic rings. The zero-order chi connectivity index (χ0) is 15.7. The average Bonchev–Trinajstić information content (AvgIpc) is 2.84. The molecule has 0 unspecified atom stereocenters. The van der Waals surface area contributed by atoms with Crippen LogP contribution in [0.3, 0.4) is 0 Å². The summed E-state index contributed by atoms with van der Waals surface area (Å²) in [5.74, 6) is 0.816. The second kappa shape index (κ2) is 5.87. The molecule has 1 aliphatic heterocycles. The van der Waals surface area contributed by atoms with Gasteiger partial charge >= 0.3 is 0 Å². The van der Waals surface area contributed by atoms with Crippen LogP contribution in [0.1, 0.15) is 12.5 Å². The first-order valence-electron chi connectivity index (χ1n) is 6.82. The number of anilines is 1. The van der Waals surface area contributed by atoms with Gasteiger partial charge in [0.15, 0.2) is 5.11 Å². The smallest absolute Gasteiger partial charge is 0.190 e. The fourth-order valence-corrected chi connectivity index (χ4v) is 3.18. The molecule has 0 radical (unpaired) electrons. The number of rotatable bonds is 3. The molecule has 2 N–H and O–H groups in total. The van der Waals surface area contributed by atoms with Gasteiger partial charge in [-0.05, 0) is 61.1 Å². The van der Waals surface area contributed by atoms with Crippen LogP contribution >= 0.6 is 28.1 Å². The first-order valence-corrected chi connectivity index (χ1v) is 8.02. The molecule has 0 bridgehead atoms. The molecule has 1 heterocycles. The minimum atomic E-state index is -0.458. The van der Waals surface area contributed by atoms with Gasteiger partial charge in [-0.3, -0.25) is 0 Å². The van der Waals surface area contributed by atoms with Gasteiger partial charge in [-0.15, -0.1) is 0 Å². The number of nitrogens with zero attached hydrogens (tertiary/aromatic N) is 1. The number of halogens is 1. The van der Waals surface area contributed by atoms with Crippen LogP contribution in [0.5, 0.6) is 5.75 Å². The number of benzene rings is 2. The second-order valence-electron chi connectivity index (χ2n) is 5.21. The number of hydrogen-bond acceptors (Lipinski definition) is 3. The van der Waals surface area contributed by atoms with Gasteiger partial charge in [-0.1, -0.05) is 28.1 Å². The Labute approximate surface area is 143 Å². The van der Waals surface area contributed by atoms with Crippen LogP contribution in [0.4, 0.5) is 5.69 Å². The summed E-state index contributed by atoms with van der Waals surface area (Å²) in [6.45, 7) is 2.06. The van der Waals surface area contributed by atoms with Gasteiger partial charge in [0.05, 0.1) is 12.8 Å².